The van der Waals surface area contributed by atoms with Gasteiger partial charge in [-0.3, -0.25) is 0 Å². The summed E-state index contributed by atoms with van der Waals surface area (Å²) in [6.07, 6.45) is -5.13. The summed E-state index contributed by atoms with van der Waals surface area (Å²) in [5.74, 6) is -10.7. The third-order valence-electron chi connectivity index (χ3n) is 3.35. The number of rotatable bonds is 5. The molecule has 2 aromatic carbocycles. The second-order valence-electron chi connectivity index (χ2n) is 4.94. The number of hydrogen-bond donors (Lipinski definition) is 1. The molecule has 0 saturated heterocycles. The molecule has 1 N–H and O–H groups in total. The van der Waals surface area contributed by atoms with Crippen molar-refractivity contribution >= 4 is 5.97 Å². The number of carbonyl (C=O) groups is 1. The first kappa shape index (κ1) is 20.2. The first-order valence-corrected chi connectivity index (χ1v) is 6.93. The number of carboxylic acids is 1. The molecular weight excluding hydrogens is 386 g/mol. The number of halogens is 6. The van der Waals surface area contributed by atoms with Gasteiger partial charge in [-0.1, -0.05) is 0 Å². The van der Waals surface area contributed by atoms with E-state index in [1.165, 1.54) is 0 Å². The Labute approximate surface area is 147 Å². The van der Waals surface area contributed by atoms with E-state index in [4.69, 9.17) is 9.84 Å². The van der Waals surface area contributed by atoms with E-state index in [9.17, 15) is 31.1 Å². The molecule has 146 valence electrons. The smallest absolute Gasteiger partial charge is 0.420 e. The van der Waals surface area contributed by atoms with Gasteiger partial charge < -0.3 is 19.3 Å². The van der Waals surface area contributed by atoms with Gasteiger partial charge in [0.25, 0.3) is 0 Å². The van der Waals surface area contributed by atoms with Crippen molar-refractivity contribution in [3.05, 3.63) is 46.8 Å². The van der Waals surface area contributed by atoms with E-state index >= 15 is 0 Å². The molecule has 0 atom stereocenters. The monoisotopic (exact) mass is 396 g/mol. The van der Waals surface area contributed by atoms with Crippen LogP contribution in [0.15, 0.2) is 18.2 Å². The molecule has 0 radical (unpaired) electrons. The second kappa shape index (κ2) is 7.25. The maximum Gasteiger partial charge on any atom is 0.420 e. The van der Waals surface area contributed by atoms with Gasteiger partial charge in [-0.15, -0.1) is 0 Å². The highest BCUT2D eigenvalue weighted by molar-refractivity contribution is 5.92. The molecule has 0 bridgehead atoms. The summed E-state index contributed by atoms with van der Waals surface area (Å²) in [5.41, 5.74) is -2.96. The molecule has 0 aliphatic heterocycles. The van der Waals surface area contributed by atoms with Crippen molar-refractivity contribution in [1.82, 2.24) is 0 Å². The Hall–Kier alpha value is -3.11. The van der Waals surface area contributed by atoms with Gasteiger partial charge >= 0.3 is 12.1 Å². The average Bonchev–Trinajstić information content (AvgIpc) is 2.57. The fourth-order valence-electron chi connectivity index (χ4n) is 2.20. The fourth-order valence-corrected chi connectivity index (χ4v) is 2.20. The molecule has 0 aliphatic carbocycles. The third-order valence-corrected chi connectivity index (χ3v) is 3.35. The molecule has 0 aliphatic rings. The summed E-state index contributed by atoms with van der Waals surface area (Å²) in [7, 11) is 1.64. The number of aromatic carboxylic acids is 1. The zero-order chi connectivity index (χ0) is 20.5. The Kier molecular flexibility index (Phi) is 5.43. The minimum absolute atomic E-state index is 0.173. The molecule has 0 unspecified atom stereocenters. The van der Waals surface area contributed by atoms with Crippen molar-refractivity contribution < 1.29 is 50.5 Å². The molecule has 0 amide bonds. The van der Waals surface area contributed by atoms with E-state index in [2.05, 4.69) is 9.47 Å². The highest BCUT2D eigenvalue weighted by Gasteiger charge is 2.39. The standard InChI is InChI=1S/C16H10F6O5/c1-25-13-6(16(20,21)22)5-9(10(12(13)19)15(23)24)27-8-4-3-7(17)11(18)14(8)26-2/h3-5H,1-2H3,(H,23,24). The van der Waals surface area contributed by atoms with Crippen molar-refractivity contribution in [2.45, 2.75) is 6.18 Å². The Bertz CT molecular complexity index is 894. The number of hydrogen-bond acceptors (Lipinski definition) is 4. The van der Waals surface area contributed by atoms with E-state index in [0.29, 0.717) is 6.07 Å². The lowest BCUT2D eigenvalue weighted by molar-refractivity contribution is -0.139. The second-order valence-corrected chi connectivity index (χ2v) is 4.94. The van der Waals surface area contributed by atoms with Crippen molar-refractivity contribution in [1.29, 1.82) is 0 Å². The van der Waals surface area contributed by atoms with E-state index < -0.39 is 63.7 Å². The zero-order valence-corrected chi connectivity index (χ0v) is 13.6. The van der Waals surface area contributed by atoms with E-state index in [1.54, 1.807) is 0 Å². The van der Waals surface area contributed by atoms with E-state index in [-0.39, 0.29) is 6.07 Å². The predicted molar refractivity (Wildman–Crippen MR) is 77.9 cm³/mol. The van der Waals surface area contributed by atoms with E-state index in [0.717, 1.165) is 20.3 Å². The highest BCUT2D eigenvalue weighted by atomic mass is 19.4. The van der Waals surface area contributed by atoms with Crippen molar-refractivity contribution in [2.75, 3.05) is 14.2 Å². The van der Waals surface area contributed by atoms with Crippen LogP contribution in [0.2, 0.25) is 0 Å². The fraction of sp³-hybridized carbons (Fsp3) is 0.188. The highest BCUT2D eigenvalue weighted by Crippen LogP contribution is 2.44. The summed E-state index contributed by atoms with van der Waals surface area (Å²) < 4.78 is 94.6. The molecule has 2 rings (SSSR count). The Balaban J connectivity index is 2.75. The van der Waals surface area contributed by atoms with Crippen LogP contribution in [-0.4, -0.2) is 25.3 Å². The van der Waals surface area contributed by atoms with Crippen molar-refractivity contribution in [2.24, 2.45) is 0 Å². The van der Waals surface area contributed by atoms with Gasteiger partial charge in [-0.05, 0) is 18.2 Å². The first-order valence-electron chi connectivity index (χ1n) is 6.93. The lowest BCUT2D eigenvalue weighted by Crippen LogP contribution is -2.13. The Morgan fingerprint density at radius 3 is 2.04 bits per heavy atom. The van der Waals surface area contributed by atoms with Crippen LogP contribution in [0.1, 0.15) is 15.9 Å². The first-order chi connectivity index (χ1) is 12.5. The van der Waals surface area contributed by atoms with Crippen molar-refractivity contribution in [3.63, 3.8) is 0 Å². The Morgan fingerprint density at radius 2 is 1.56 bits per heavy atom. The van der Waals surface area contributed by atoms with Gasteiger partial charge in [0, 0.05) is 0 Å². The maximum absolute atomic E-state index is 14.4. The summed E-state index contributed by atoms with van der Waals surface area (Å²) in [5, 5.41) is 9.14. The van der Waals surface area contributed by atoms with E-state index in [1.807, 2.05) is 0 Å². The van der Waals surface area contributed by atoms with Crippen LogP contribution in [0.25, 0.3) is 0 Å². The van der Waals surface area contributed by atoms with Gasteiger partial charge in [0.1, 0.15) is 16.9 Å². The quantitative estimate of drug-likeness (QED) is 0.747. The number of alkyl halides is 3. The summed E-state index contributed by atoms with van der Waals surface area (Å²) in [4.78, 5) is 11.3. The van der Waals surface area contributed by atoms with Crippen LogP contribution < -0.4 is 14.2 Å². The van der Waals surface area contributed by atoms with Crippen LogP contribution in [0.3, 0.4) is 0 Å². The molecule has 0 saturated carbocycles. The molecule has 0 aromatic heterocycles. The molecule has 0 spiro atoms. The molecule has 2 aromatic rings. The molecule has 27 heavy (non-hydrogen) atoms. The molecule has 0 fully saturated rings. The van der Waals surface area contributed by atoms with Crippen LogP contribution in [-0.2, 0) is 6.18 Å². The molecule has 0 heterocycles. The van der Waals surface area contributed by atoms with Crippen LogP contribution in [0.5, 0.6) is 23.0 Å². The number of methoxy groups -OCH3 is 2. The van der Waals surface area contributed by atoms with Gasteiger partial charge in [0.2, 0.25) is 11.6 Å². The van der Waals surface area contributed by atoms with Gasteiger partial charge in [0.15, 0.2) is 23.1 Å². The summed E-state index contributed by atoms with van der Waals surface area (Å²) in [6.45, 7) is 0. The van der Waals surface area contributed by atoms with Crippen LogP contribution in [0.4, 0.5) is 26.3 Å². The minimum Gasteiger partial charge on any atom is -0.493 e. The largest absolute Gasteiger partial charge is 0.493 e. The van der Waals surface area contributed by atoms with Crippen LogP contribution in [0, 0.1) is 17.5 Å². The van der Waals surface area contributed by atoms with Gasteiger partial charge in [-0.2, -0.15) is 17.6 Å². The average molecular weight is 396 g/mol. The summed E-state index contributed by atoms with van der Waals surface area (Å²) in [6, 6.07) is 1.52. The van der Waals surface area contributed by atoms with Crippen LogP contribution >= 0.6 is 0 Å². The normalized spacial score (nSPS) is 11.3. The zero-order valence-electron chi connectivity index (χ0n) is 13.6. The summed E-state index contributed by atoms with van der Waals surface area (Å²) >= 11 is 0. The molecule has 5 nitrogen and oxygen atoms in total. The predicted octanol–water partition coefficient (Wildman–Crippen LogP) is 4.63. The minimum atomic E-state index is -5.13. The number of carboxylic acid groups (broad SMARTS) is 1. The number of ether oxygens (including phenoxy) is 3. The lowest BCUT2D eigenvalue weighted by atomic mass is 10.1. The van der Waals surface area contributed by atoms with Gasteiger partial charge in [0.05, 0.1) is 14.2 Å². The topological polar surface area (TPSA) is 65.0 Å². The maximum atomic E-state index is 14.4. The Morgan fingerprint density at radius 1 is 0.963 bits per heavy atom. The van der Waals surface area contributed by atoms with Crippen molar-refractivity contribution in [3.8, 4) is 23.0 Å². The lowest BCUT2D eigenvalue weighted by Gasteiger charge is -2.18. The third kappa shape index (κ3) is 3.71. The molecular formula is C16H10F6O5. The SMILES string of the molecule is COc1c(Oc2cc(C(F)(F)F)c(OC)c(F)c2C(=O)O)ccc(F)c1F. The number of benzene rings is 2. The molecule has 11 heteroatoms. The van der Waals surface area contributed by atoms with Gasteiger partial charge in [-0.25, -0.2) is 13.6 Å².